The maximum absolute atomic E-state index is 9.23. The van der Waals surface area contributed by atoms with Gasteiger partial charge in [0.25, 0.3) is 0 Å². The van der Waals surface area contributed by atoms with Gasteiger partial charge in [0.1, 0.15) is 11.4 Å². The molecule has 0 bridgehead atoms. The van der Waals surface area contributed by atoms with Crippen molar-refractivity contribution >= 4 is 21.6 Å². The molecule has 0 N–H and O–H groups in total. The highest BCUT2D eigenvalue weighted by molar-refractivity contribution is 9.10. The molecule has 3 aromatic rings. The molecule has 0 atom stereocenters. The first-order valence-corrected chi connectivity index (χ1v) is 8.70. The number of benzene rings is 1. The second kappa shape index (κ2) is 7.06. The molecule has 24 heavy (non-hydrogen) atoms. The molecule has 122 valence electrons. The average Bonchev–Trinajstić information content (AvgIpc) is 2.93. The number of imidazole rings is 1. The molecule has 0 amide bonds. The van der Waals surface area contributed by atoms with E-state index in [0.29, 0.717) is 13.0 Å². The van der Waals surface area contributed by atoms with Gasteiger partial charge in [0, 0.05) is 16.2 Å². The molecule has 0 unspecified atom stereocenters. The van der Waals surface area contributed by atoms with Crippen LogP contribution in [0.5, 0.6) is 5.75 Å². The zero-order valence-electron chi connectivity index (χ0n) is 13.7. The van der Waals surface area contributed by atoms with Gasteiger partial charge in [-0.25, -0.2) is 4.98 Å². The molecule has 4 nitrogen and oxygen atoms in total. The number of rotatable bonds is 5. The number of halogens is 1. The van der Waals surface area contributed by atoms with Crippen molar-refractivity contribution in [2.45, 2.75) is 26.7 Å². The van der Waals surface area contributed by atoms with Gasteiger partial charge in [0.15, 0.2) is 0 Å². The lowest BCUT2D eigenvalue weighted by molar-refractivity contribution is 0.317. The van der Waals surface area contributed by atoms with Crippen LogP contribution in [0.25, 0.3) is 16.9 Å². The Bertz CT molecular complexity index is 907. The Kier molecular flexibility index (Phi) is 4.86. The Labute approximate surface area is 149 Å². The number of pyridine rings is 1. The minimum Gasteiger partial charge on any atom is -0.494 e. The highest BCUT2D eigenvalue weighted by Gasteiger charge is 2.15. The lowest BCUT2D eigenvalue weighted by atomic mass is 10.1. The smallest absolute Gasteiger partial charge is 0.140 e. The molecule has 0 saturated carbocycles. The van der Waals surface area contributed by atoms with Crippen molar-refractivity contribution in [2.75, 3.05) is 6.61 Å². The molecule has 0 fully saturated rings. The monoisotopic (exact) mass is 383 g/mol. The molecular formula is C19H18BrN3O. The largest absolute Gasteiger partial charge is 0.494 e. The molecule has 2 heterocycles. The first-order chi connectivity index (χ1) is 11.6. The third-order valence-electron chi connectivity index (χ3n) is 3.82. The standard InChI is InChI=1S/C19H18BrN3O/c1-3-10-24-16-6-4-14(5-7-16)18-17(8-9-21)23-12-15(20)11-13(2)19(23)22-18/h4-7,11-12H,3,8,10H2,1-2H3. The number of nitrogens with zero attached hydrogens (tertiary/aromatic N) is 3. The number of fused-ring (bicyclic) bond motifs is 1. The molecule has 0 saturated heterocycles. The van der Waals surface area contributed by atoms with Gasteiger partial charge in [-0.05, 0) is 65.2 Å². The third kappa shape index (κ3) is 3.15. The summed E-state index contributed by atoms with van der Waals surface area (Å²) in [5.41, 5.74) is 4.68. The van der Waals surface area contributed by atoms with E-state index in [1.165, 1.54) is 0 Å². The average molecular weight is 384 g/mol. The third-order valence-corrected chi connectivity index (χ3v) is 4.25. The predicted octanol–water partition coefficient (Wildman–Crippen LogP) is 4.93. The molecule has 1 aromatic carbocycles. The number of hydrogen-bond acceptors (Lipinski definition) is 3. The maximum atomic E-state index is 9.23. The fourth-order valence-electron chi connectivity index (χ4n) is 2.72. The van der Waals surface area contributed by atoms with Crippen LogP contribution in [-0.4, -0.2) is 16.0 Å². The minimum atomic E-state index is 0.306. The summed E-state index contributed by atoms with van der Waals surface area (Å²) in [7, 11) is 0. The van der Waals surface area contributed by atoms with Crippen molar-refractivity contribution in [2.24, 2.45) is 0 Å². The second-order valence-electron chi connectivity index (χ2n) is 5.65. The summed E-state index contributed by atoms with van der Waals surface area (Å²) in [4.78, 5) is 4.78. The molecule has 0 spiro atoms. The lowest BCUT2D eigenvalue weighted by Crippen LogP contribution is -1.96. The second-order valence-corrected chi connectivity index (χ2v) is 6.57. The van der Waals surface area contributed by atoms with E-state index in [1.54, 1.807) is 0 Å². The van der Waals surface area contributed by atoms with Crippen LogP contribution < -0.4 is 4.74 Å². The Hall–Kier alpha value is -2.32. The quantitative estimate of drug-likeness (QED) is 0.627. The number of aryl methyl sites for hydroxylation is 1. The molecule has 0 aliphatic heterocycles. The van der Waals surface area contributed by atoms with E-state index in [0.717, 1.165) is 44.8 Å². The predicted molar refractivity (Wildman–Crippen MR) is 98.2 cm³/mol. The van der Waals surface area contributed by atoms with Crippen molar-refractivity contribution in [3.63, 3.8) is 0 Å². The Morgan fingerprint density at radius 1 is 1.29 bits per heavy atom. The topological polar surface area (TPSA) is 50.3 Å². The Morgan fingerprint density at radius 3 is 2.71 bits per heavy atom. The lowest BCUT2D eigenvalue weighted by Gasteiger charge is -2.06. The van der Waals surface area contributed by atoms with Crippen LogP contribution in [0, 0.1) is 18.3 Å². The molecular weight excluding hydrogens is 366 g/mol. The van der Waals surface area contributed by atoms with Gasteiger partial charge in [0.05, 0.1) is 30.5 Å². The van der Waals surface area contributed by atoms with E-state index in [1.807, 2.05) is 47.9 Å². The first kappa shape index (κ1) is 16.5. The Morgan fingerprint density at radius 2 is 2.04 bits per heavy atom. The van der Waals surface area contributed by atoms with Gasteiger partial charge in [-0.1, -0.05) is 6.92 Å². The summed E-state index contributed by atoms with van der Waals surface area (Å²) in [6, 6.07) is 12.2. The van der Waals surface area contributed by atoms with Gasteiger partial charge in [-0.15, -0.1) is 0 Å². The highest BCUT2D eigenvalue weighted by atomic mass is 79.9. The minimum absolute atomic E-state index is 0.306. The zero-order valence-corrected chi connectivity index (χ0v) is 15.3. The molecule has 0 radical (unpaired) electrons. The van der Waals surface area contributed by atoms with Crippen molar-refractivity contribution in [3.05, 3.63) is 52.3 Å². The summed E-state index contributed by atoms with van der Waals surface area (Å²) in [5, 5.41) is 9.23. The van der Waals surface area contributed by atoms with Crippen molar-refractivity contribution in [3.8, 4) is 23.1 Å². The van der Waals surface area contributed by atoms with E-state index in [-0.39, 0.29) is 0 Å². The van der Waals surface area contributed by atoms with Crippen LogP contribution in [0.2, 0.25) is 0 Å². The molecule has 3 rings (SSSR count). The zero-order chi connectivity index (χ0) is 17.1. The number of hydrogen-bond donors (Lipinski definition) is 0. The maximum Gasteiger partial charge on any atom is 0.140 e. The van der Waals surface area contributed by atoms with Crippen LogP contribution in [0.1, 0.15) is 24.6 Å². The summed E-state index contributed by atoms with van der Waals surface area (Å²) in [5.74, 6) is 0.852. The van der Waals surface area contributed by atoms with Crippen LogP contribution in [0.4, 0.5) is 0 Å². The van der Waals surface area contributed by atoms with Crippen LogP contribution in [-0.2, 0) is 6.42 Å². The Balaban J connectivity index is 2.10. The van der Waals surface area contributed by atoms with Crippen LogP contribution in [0.15, 0.2) is 41.0 Å². The van der Waals surface area contributed by atoms with Crippen LogP contribution in [0.3, 0.4) is 0 Å². The highest BCUT2D eigenvalue weighted by Crippen LogP contribution is 2.29. The number of ether oxygens (including phenoxy) is 1. The number of nitriles is 1. The van der Waals surface area contributed by atoms with Crippen LogP contribution >= 0.6 is 15.9 Å². The van der Waals surface area contributed by atoms with E-state index in [2.05, 4.69) is 28.9 Å². The van der Waals surface area contributed by atoms with E-state index in [9.17, 15) is 5.26 Å². The summed E-state index contributed by atoms with van der Waals surface area (Å²) < 4.78 is 8.60. The van der Waals surface area contributed by atoms with E-state index >= 15 is 0 Å². The van der Waals surface area contributed by atoms with Crippen molar-refractivity contribution < 1.29 is 4.74 Å². The van der Waals surface area contributed by atoms with Crippen molar-refractivity contribution in [1.29, 1.82) is 5.26 Å². The van der Waals surface area contributed by atoms with Gasteiger partial charge in [-0.2, -0.15) is 5.26 Å². The normalized spacial score (nSPS) is 10.8. The van der Waals surface area contributed by atoms with Gasteiger partial charge >= 0.3 is 0 Å². The summed E-state index contributed by atoms with van der Waals surface area (Å²) in [6.07, 6.45) is 3.25. The molecule has 5 heteroatoms. The summed E-state index contributed by atoms with van der Waals surface area (Å²) in [6.45, 7) is 4.81. The van der Waals surface area contributed by atoms with Gasteiger partial charge in [0.2, 0.25) is 0 Å². The molecule has 0 aliphatic rings. The van der Waals surface area contributed by atoms with Crippen molar-refractivity contribution in [1.82, 2.24) is 9.38 Å². The van der Waals surface area contributed by atoms with E-state index < -0.39 is 0 Å². The SMILES string of the molecule is CCCOc1ccc(-c2nc3c(C)cc(Br)cn3c2CC#N)cc1. The molecule has 0 aliphatic carbocycles. The summed E-state index contributed by atoms with van der Waals surface area (Å²) >= 11 is 3.52. The van der Waals surface area contributed by atoms with Gasteiger partial charge in [-0.3, -0.25) is 0 Å². The first-order valence-electron chi connectivity index (χ1n) is 7.91. The number of aromatic nitrogens is 2. The molecule has 2 aromatic heterocycles. The van der Waals surface area contributed by atoms with Gasteiger partial charge < -0.3 is 9.14 Å². The van der Waals surface area contributed by atoms with E-state index in [4.69, 9.17) is 9.72 Å². The fraction of sp³-hybridized carbons (Fsp3) is 0.263. The fourth-order valence-corrected chi connectivity index (χ4v) is 3.27.